The van der Waals surface area contributed by atoms with E-state index in [1.165, 1.54) is 0 Å². The van der Waals surface area contributed by atoms with Gasteiger partial charge in [-0.05, 0) is 31.2 Å². The zero-order valence-electron chi connectivity index (χ0n) is 16.2. The SMILES string of the molecule is Cn1ccnc(N2CCC[C@@H](N[C@@H](C(=O)NC3CC3)c3ccccc3)C2)c1=O. The van der Waals surface area contributed by atoms with Crippen molar-refractivity contribution in [3.63, 3.8) is 0 Å². The molecule has 2 N–H and O–H groups in total. The van der Waals surface area contributed by atoms with Crippen LogP contribution in [0, 0.1) is 0 Å². The van der Waals surface area contributed by atoms with E-state index in [1.54, 1.807) is 24.0 Å². The molecule has 7 heteroatoms. The first-order valence-corrected chi connectivity index (χ1v) is 10.00. The molecule has 1 aliphatic carbocycles. The third-order valence-electron chi connectivity index (χ3n) is 5.44. The average molecular weight is 381 g/mol. The van der Waals surface area contributed by atoms with Crippen molar-refractivity contribution in [2.75, 3.05) is 18.0 Å². The maximum Gasteiger partial charge on any atom is 0.293 e. The van der Waals surface area contributed by atoms with Crippen LogP contribution in [0.25, 0.3) is 0 Å². The molecule has 148 valence electrons. The van der Waals surface area contributed by atoms with Crippen LogP contribution >= 0.6 is 0 Å². The number of piperidine rings is 1. The lowest BCUT2D eigenvalue weighted by Crippen LogP contribution is -2.51. The highest BCUT2D eigenvalue weighted by atomic mass is 16.2. The quantitative estimate of drug-likeness (QED) is 0.790. The van der Waals surface area contributed by atoms with E-state index in [-0.39, 0.29) is 17.5 Å². The molecule has 1 aromatic carbocycles. The Balaban J connectivity index is 1.50. The molecule has 7 nitrogen and oxygen atoms in total. The van der Waals surface area contributed by atoms with Gasteiger partial charge in [0, 0.05) is 44.6 Å². The molecule has 4 rings (SSSR count). The van der Waals surface area contributed by atoms with E-state index in [2.05, 4.69) is 15.6 Å². The Morgan fingerprint density at radius 1 is 1.18 bits per heavy atom. The number of hydrogen-bond donors (Lipinski definition) is 2. The van der Waals surface area contributed by atoms with Gasteiger partial charge in [0.15, 0.2) is 5.82 Å². The molecule has 2 fully saturated rings. The minimum absolute atomic E-state index is 0.0274. The molecule has 2 heterocycles. The fraction of sp³-hybridized carbons (Fsp3) is 0.476. The predicted octanol–water partition coefficient (Wildman–Crippen LogP) is 1.36. The normalized spacial score (nSPS) is 20.6. The maximum atomic E-state index is 12.9. The minimum Gasteiger partial charge on any atom is -0.352 e. The molecule has 2 aromatic rings. The maximum absolute atomic E-state index is 12.9. The van der Waals surface area contributed by atoms with Gasteiger partial charge in [0.05, 0.1) is 0 Å². The molecule has 1 aromatic heterocycles. The Kier molecular flexibility index (Phi) is 5.43. The summed E-state index contributed by atoms with van der Waals surface area (Å²) >= 11 is 0. The molecule has 1 aliphatic heterocycles. The smallest absolute Gasteiger partial charge is 0.293 e. The number of amides is 1. The van der Waals surface area contributed by atoms with Gasteiger partial charge in [-0.15, -0.1) is 0 Å². The van der Waals surface area contributed by atoms with Crippen molar-refractivity contribution in [3.05, 3.63) is 58.6 Å². The molecule has 2 atom stereocenters. The van der Waals surface area contributed by atoms with E-state index in [1.807, 2.05) is 35.2 Å². The highest BCUT2D eigenvalue weighted by Crippen LogP contribution is 2.23. The minimum atomic E-state index is -0.390. The molecule has 1 saturated carbocycles. The van der Waals surface area contributed by atoms with Crippen molar-refractivity contribution in [3.8, 4) is 0 Å². The summed E-state index contributed by atoms with van der Waals surface area (Å²) in [5, 5.41) is 6.67. The predicted molar refractivity (Wildman–Crippen MR) is 108 cm³/mol. The Bertz CT molecular complexity index is 878. The van der Waals surface area contributed by atoms with Crippen LogP contribution in [-0.4, -0.2) is 40.6 Å². The summed E-state index contributed by atoms with van der Waals surface area (Å²) in [5.41, 5.74) is 0.876. The van der Waals surface area contributed by atoms with Crippen molar-refractivity contribution in [1.82, 2.24) is 20.2 Å². The van der Waals surface area contributed by atoms with E-state index in [0.29, 0.717) is 18.4 Å². The van der Waals surface area contributed by atoms with Gasteiger partial charge in [-0.1, -0.05) is 30.3 Å². The van der Waals surface area contributed by atoms with E-state index < -0.39 is 6.04 Å². The van der Waals surface area contributed by atoms with Crippen molar-refractivity contribution < 1.29 is 4.79 Å². The van der Waals surface area contributed by atoms with Crippen molar-refractivity contribution in [1.29, 1.82) is 0 Å². The number of carbonyl (C=O) groups excluding carboxylic acids is 1. The number of nitrogens with one attached hydrogen (secondary N) is 2. The van der Waals surface area contributed by atoms with Crippen LogP contribution in [0.4, 0.5) is 5.82 Å². The Morgan fingerprint density at radius 3 is 2.71 bits per heavy atom. The Morgan fingerprint density at radius 2 is 1.96 bits per heavy atom. The fourth-order valence-electron chi connectivity index (χ4n) is 3.72. The molecule has 0 unspecified atom stereocenters. The molecule has 2 aliphatic rings. The first kappa shape index (κ1) is 18.7. The molecular weight excluding hydrogens is 354 g/mol. The largest absolute Gasteiger partial charge is 0.352 e. The van der Waals surface area contributed by atoms with Gasteiger partial charge in [0.1, 0.15) is 6.04 Å². The monoisotopic (exact) mass is 381 g/mol. The summed E-state index contributed by atoms with van der Waals surface area (Å²) in [6, 6.07) is 9.88. The third-order valence-corrected chi connectivity index (χ3v) is 5.44. The fourth-order valence-corrected chi connectivity index (χ4v) is 3.72. The number of aryl methyl sites for hydroxylation is 1. The second-order valence-corrected chi connectivity index (χ2v) is 7.75. The van der Waals surface area contributed by atoms with Crippen molar-refractivity contribution in [2.24, 2.45) is 7.05 Å². The molecule has 28 heavy (non-hydrogen) atoms. The molecule has 1 amide bonds. The number of benzene rings is 1. The molecule has 0 spiro atoms. The summed E-state index contributed by atoms with van der Waals surface area (Å²) in [4.78, 5) is 31.6. The lowest BCUT2D eigenvalue weighted by atomic mass is 10.0. The van der Waals surface area contributed by atoms with E-state index >= 15 is 0 Å². The summed E-state index contributed by atoms with van der Waals surface area (Å²) in [6.07, 6.45) is 7.36. The van der Waals surface area contributed by atoms with Crippen LogP contribution < -0.4 is 21.1 Å². The molecule has 0 radical (unpaired) electrons. The van der Waals surface area contributed by atoms with Crippen LogP contribution in [0.5, 0.6) is 0 Å². The number of rotatable bonds is 6. The van der Waals surface area contributed by atoms with Gasteiger partial charge in [-0.2, -0.15) is 0 Å². The van der Waals surface area contributed by atoms with Gasteiger partial charge in [-0.3, -0.25) is 14.9 Å². The van der Waals surface area contributed by atoms with Gasteiger partial charge >= 0.3 is 0 Å². The Hall–Kier alpha value is -2.67. The summed E-state index contributed by atoms with van der Waals surface area (Å²) in [5.74, 6) is 0.509. The Labute approximate surface area is 164 Å². The second kappa shape index (κ2) is 8.14. The molecule has 0 bridgehead atoms. The van der Waals surface area contributed by atoms with Crippen molar-refractivity contribution in [2.45, 2.75) is 43.8 Å². The topological polar surface area (TPSA) is 79.3 Å². The number of aromatic nitrogens is 2. The highest BCUT2D eigenvalue weighted by molar-refractivity contribution is 5.83. The number of hydrogen-bond acceptors (Lipinski definition) is 5. The molecular formula is C21H27N5O2. The average Bonchev–Trinajstić information content (AvgIpc) is 3.53. The second-order valence-electron chi connectivity index (χ2n) is 7.75. The van der Waals surface area contributed by atoms with Gasteiger partial charge in [0.2, 0.25) is 5.91 Å². The standard InChI is InChI=1S/C21H27N5O2/c1-25-13-11-22-19(21(25)28)26-12-5-8-17(14-26)23-18(15-6-3-2-4-7-15)20(27)24-16-9-10-16/h2-4,6-7,11,13,16-18,23H,5,8-10,12,14H2,1H3,(H,24,27)/t17-,18-/m1/s1. The van der Waals surface area contributed by atoms with Gasteiger partial charge in [0.25, 0.3) is 5.56 Å². The van der Waals surface area contributed by atoms with Crippen LogP contribution in [0.2, 0.25) is 0 Å². The van der Waals surface area contributed by atoms with E-state index in [9.17, 15) is 9.59 Å². The summed E-state index contributed by atoms with van der Waals surface area (Å²) in [6.45, 7) is 1.46. The van der Waals surface area contributed by atoms with Gasteiger partial charge in [-0.25, -0.2) is 4.98 Å². The lowest BCUT2D eigenvalue weighted by molar-refractivity contribution is -0.123. The first-order chi connectivity index (χ1) is 13.6. The zero-order valence-corrected chi connectivity index (χ0v) is 16.2. The lowest BCUT2D eigenvalue weighted by Gasteiger charge is -2.35. The number of carbonyl (C=O) groups is 1. The van der Waals surface area contributed by atoms with Crippen molar-refractivity contribution >= 4 is 11.7 Å². The van der Waals surface area contributed by atoms with Crippen LogP contribution in [0.15, 0.2) is 47.5 Å². The number of anilines is 1. The van der Waals surface area contributed by atoms with Gasteiger partial charge < -0.3 is 14.8 Å². The van der Waals surface area contributed by atoms with E-state index in [4.69, 9.17) is 0 Å². The van der Waals surface area contributed by atoms with Crippen LogP contribution in [-0.2, 0) is 11.8 Å². The summed E-state index contributed by atoms with van der Waals surface area (Å²) < 4.78 is 1.55. The first-order valence-electron chi connectivity index (χ1n) is 10.00. The summed E-state index contributed by atoms with van der Waals surface area (Å²) in [7, 11) is 1.74. The van der Waals surface area contributed by atoms with Crippen LogP contribution in [0.3, 0.4) is 0 Å². The molecule has 1 saturated heterocycles. The van der Waals surface area contributed by atoms with E-state index in [0.717, 1.165) is 37.8 Å². The van der Waals surface area contributed by atoms with Crippen LogP contribution in [0.1, 0.15) is 37.3 Å². The number of nitrogens with zero attached hydrogens (tertiary/aromatic N) is 3. The highest BCUT2D eigenvalue weighted by Gasteiger charge is 2.31. The third kappa shape index (κ3) is 4.25. The zero-order chi connectivity index (χ0) is 19.5.